The molecule has 0 spiro atoms. The van der Waals surface area contributed by atoms with Crippen LogP contribution in [-0.2, 0) is 9.53 Å². The fourth-order valence-corrected chi connectivity index (χ4v) is 3.32. The van der Waals surface area contributed by atoms with Crippen LogP contribution >= 0.6 is 46.4 Å². The van der Waals surface area contributed by atoms with Crippen LogP contribution < -0.4 is 15.2 Å². The summed E-state index contributed by atoms with van der Waals surface area (Å²) < 4.78 is 15.7. The van der Waals surface area contributed by atoms with Crippen LogP contribution in [0.4, 0.5) is 5.69 Å². The van der Waals surface area contributed by atoms with Crippen LogP contribution in [0.5, 0.6) is 17.2 Å². The minimum atomic E-state index is -1.14. The lowest BCUT2D eigenvalue weighted by Gasteiger charge is -2.13. The summed E-state index contributed by atoms with van der Waals surface area (Å²) in [7, 11) is 1.31. The van der Waals surface area contributed by atoms with Crippen LogP contribution in [-0.4, -0.2) is 30.3 Å². The molecule has 1 atom stereocenters. The Morgan fingerprint density at radius 3 is 2.09 bits per heavy atom. The fourth-order valence-electron chi connectivity index (χ4n) is 2.46. The highest BCUT2D eigenvalue weighted by Gasteiger charge is 2.15. The van der Waals surface area contributed by atoms with Crippen molar-refractivity contribution < 1.29 is 28.9 Å². The van der Waals surface area contributed by atoms with E-state index in [9.17, 15) is 9.59 Å². The molecule has 0 radical (unpaired) electrons. The summed E-state index contributed by atoms with van der Waals surface area (Å²) in [6.45, 7) is 1.61. The molecule has 3 N–H and O–H groups in total. The molecule has 0 saturated heterocycles. The van der Waals surface area contributed by atoms with E-state index in [1.165, 1.54) is 19.2 Å². The second kappa shape index (κ2) is 12.6. The van der Waals surface area contributed by atoms with Crippen LogP contribution in [0.2, 0.25) is 20.1 Å². The maximum Gasteiger partial charge on any atom is 0.346 e. The normalized spacial score (nSPS) is 11.0. The van der Waals surface area contributed by atoms with Crippen molar-refractivity contribution in [3.05, 3.63) is 80.3 Å². The monoisotopic (exact) mass is 545 g/mol. The van der Waals surface area contributed by atoms with E-state index in [4.69, 9.17) is 66.7 Å². The van der Waals surface area contributed by atoms with Crippen molar-refractivity contribution in [1.29, 1.82) is 0 Å². The first-order valence-corrected chi connectivity index (χ1v) is 11.0. The number of benzene rings is 3. The number of aromatic carboxylic acids is 1. The molecule has 0 fully saturated rings. The largest absolute Gasteiger partial charge is 0.479 e. The molecular formula is C23H19Cl4NO6. The topological polar surface area (TPSA) is 108 Å². The van der Waals surface area contributed by atoms with Crippen molar-refractivity contribution in [1.82, 2.24) is 0 Å². The zero-order chi connectivity index (χ0) is 25.4. The number of nitrogens with two attached hydrogens (primary N) is 1. The first-order valence-electron chi connectivity index (χ1n) is 9.47. The van der Waals surface area contributed by atoms with Gasteiger partial charge in [0.1, 0.15) is 17.2 Å². The molecule has 0 heterocycles. The Morgan fingerprint density at radius 1 is 0.912 bits per heavy atom. The second-order valence-corrected chi connectivity index (χ2v) is 8.25. The van der Waals surface area contributed by atoms with Crippen molar-refractivity contribution in [2.45, 2.75) is 13.0 Å². The van der Waals surface area contributed by atoms with E-state index in [1.54, 1.807) is 49.4 Å². The number of nitrogen functional groups attached to an aromatic ring is 1. The van der Waals surface area contributed by atoms with Crippen LogP contribution in [0.25, 0.3) is 0 Å². The van der Waals surface area contributed by atoms with Crippen LogP contribution in [0.15, 0.2) is 54.6 Å². The second-order valence-electron chi connectivity index (χ2n) is 6.59. The number of carbonyl (C=O) groups excluding carboxylic acids is 1. The number of esters is 1. The Kier molecular flexibility index (Phi) is 10.1. The van der Waals surface area contributed by atoms with Crippen LogP contribution in [0.1, 0.15) is 17.3 Å². The van der Waals surface area contributed by atoms with Gasteiger partial charge in [-0.15, -0.1) is 0 Å². The molecular weight excluding hydrogens is 528 g/mol. The van der Waals surface area contributed by atoms with Gasteiger partial charge in [-0.1, -0.05) is 46.4 Å². The highest BCUT2D eigenvalue weighted by molar-refractivity contribution is 6.38. The maximum atomic E-state index is 11.3. The van der Waals surface area contributed by atoms with Gasteiger partial charge in [-0.25, -0.2) is 9.59 Å². The smallest absolute Gasteiger partial charge is 0.346 e. The van der Waals surface area contributed by atoms with Crippen molar-refractivity contribution in [3.63, 3.8) is 0 Å². The third kappa shape index (κ3) is 7.88. The SMILES string of the molecule is COC(=O)C(C)Oc1ccc(Oc2ccc(Cl)cc2Cl)cc1.Nc1cc(Cl)cc(C(=O)O)c1Cl. The minimum absolute atomic E-state index is 0.0203. The number of carboxylic acids is 1. The van der Waals surface area contributed by atoms with Gasteiger partial charge in [0, 0.05) is 10.0 Å². The van der Waals surface area contributed by atoms with E-state index in [1.807, 2.05) is 0 Å². The van der Waals surface area contributed by atoms with Crippen molar-refractivity contribution in [2.75, 3.05) is 12.8 Å². The van der Waals surface area contributed by atoms with Gasteiger partial charge in [0.15, 0.2) is 6.10 Å². The standard InChI is InChI=1S/C16H14Cl2O4.C7H5Cl2NO2/c1-10(16(19)20-2)21-12-4-6-13(7-5-12)22-15-8-3-11(17)9-14(15)18;8-3-1-4(7(11)12)6(9)5(10)2-3/h3-10H,1-2H3;1-2H,10H2,(H,11,12). The summed E-state index contributed by atoms with van der Waals surface area (Å²) in [5.41, 5.74) is 5.47. The van der Waals surface area contributed by atoms with Gasteiger partial charge >= 0.3 is 11.9 Å². The van der Waals surface area contributed by atoms with E-state index >= 15 is 0 Å². The zero-order valence-electron chi connectivity index (χ0n) is 17.9. The number of halogens is 4. The third-order valence-electron chi connectivity index (χ3n) is 4.09. The number of carbonyl (C=O) groups is 2. The molecule has 0 aliphatic rings. The highest BCUT2D eigenvalue weighted by atomic mass is 35.5. The van der Waals surface area contributed by atoms with E-state index in [0.29, 0.717) is 27.3 Å². The lowest BCUT2D eigenvalue weighted by Crippen LogP contribution is -2.24. The maximum absolute atomic E-state index is 11.3. The Hall–Kier alpha value is -2.84. The van der Waals surface area contributed by atoms with Crippen molar-refractivity contribution in [3.8, 4) is 17.2 Å². The van der Waals surface area contributed by atoms with Gasteiger partial charge in [-0.2, -0.15) is 0 Å². The molecule has 34 heavy (non-hydrogen) atoms. The Labute approximate surface area is 215 Å². The number of rotatable bonds is 6. The van der Waals surface area contributed by atoms with Gasteiger partial charge in [-0.3, -0.25) is 0 Å². The van der Waals surface area contributed by atoms with E-state index in [2.05, 4.69) is 4.74 Å². The molecule has 3 rings (SSSR count). The fraction of sp³-hybridized carbons (Fsp3) is 0.130. The highest BCUT2D eigenvalue weighted by Crippen LogP contribution is 2.32. The molecule has 11 heteroatoms. The van der Waals surface area contributed by atoms with Gasteiger partial charge in [0.05, 0.1) is 28.4 Å². The van der Waals surface area contributed by atoms with Crippen molar-refractivity contribution >= 4 is 64.0 Å². The Balaban J connectivity index is 0.000000287. The molecule has 0 bridgehead atoms. The van der Waals surface area contributed by atoms with Gasteiger partial charge in [-0.05, 0) is 61.5 Å². The average Bonchev–Trinajstić information content (AvgIpc) is 2.79. The number of ether oxygens (including phenoxy) is 3. The average molecular weight is 547 g/mol. The summed E-state index contributed by atoms with van der Waals surface area (Å²) in [5.74, 6) is 0.0416. The summed E-state index contributed by atoms with van der Waals surface area (Å²) in [5, 5.41) is 9.86. The summed E-state index contributed by atoms with van der Waals surface area (Å²) in [6, 6.07) is 14.4. The molecule has 3 aromatic rings. The quantitative estimate of drug-likeness (QED) is 0.253. The minimum Gasteiger partial charge on any atom is -0.479 e. The van der Waals surface area contributed by atoms with Gasteiger partial charge < -0.3 is 25.1 Å². The summed E-state index contributed by atoms with van der Waals surface area (Å²) in [4.78, 5) is 21.8. The number of methoxy groups -OCH3 is 1. The molecule has 0 aliphatic carbocycles. The summed E-state index contributed by atoms with van der Waals surface area (Å²) >= 11 is 23.0. The predicted molar refractivity (Wildman–Crippen MR) is 133 cm³/mol. The molecule has 3 aromatic carbocycles. The molecule has 7 nitrogen and oxygen atoms in total. The number of hydrogen-bond acceptors (Lipinski definition) is 6. The Morgan fingerprint density at radius 2 is 1.53 bits per heavy atom. The number of carboxylic acid groups (broad SMARTS) is 1. The molecule has 1 unspecified atom stereocenters. The molecule has 180 valence electrons. The Bertz CT molecular complexity index is 1170. The van der Waals surface area contributed by atoms with Crippen molar-refractivity contribution in [2.24, 2.45) is 0 Å². The molecule has 0 aromatic heterocycles. The predicted octanol–water partition coefficient (Wildman–Crippen LogP) is 7.00. The zero-order valence-corrected chi connectivity index (χ0v) is 20.9. The third-order valence-corrected chi connectivity index (χ3v) is 5.26. The van der Waals surface area contributed by atoms with Gasteiger partial charge in [0.2, 0.25) is 0 Å². The van der Waals surface area contributed by atoms with E-state index in [0.717, 1.165) is 0 Å². The lowest BCUT2D eigenvalue weighted by molar-refractivity contribution is -0.147. The van der Waals surface area contributed by atoms with E-state index < -0.39 is 18.0 Å². The van der Waals surface area contributed by atoms with Crippen LogP contribution in [0, 0.1) is 0 Å². The summed E-state index contributed by atoms with van der Waals surface area (Å²) in [6.07, 6.45) is -0.678. The van der Waals surface area contributed by atoms with Crippen LogP contribution in [0.3, 0.4) is 0 Å². The lowest BCUT2D eigenvalue weighted by atomic mass is 10.2. The molecule has 0 aliphatic heterocycles. The molecule has 0 amide bonds. The van der Waals surface area contributed by atoms with E-state index in [-0.39, 0.29) is 21.3 Å². The number of hydrogen-bond donors (Lipinski definition) is 2. The molecule has 0 saturated carbocycles. The van der Waals surface area contributed by atoms with Gasteiger partial charge in [0.25, 0.3) is 0 Å². The number of anilines is 1. The first kappa shape index (κ1) is 27.4. The first-order chi connectivity index (χ1) is 16.0.